The largest absolute Gasteiger partial charge is 0.416 e. The van der Waals surface area contributed by atoms with Crippen LogP contribution in [-0.2, 0) is 6.18 Å². The smallest absolute Gasteiger partial charge is 0.330 e. The second kappa shape index (κ2) is 4.30. The quantitative estimate of drug-likeness (QED) is 0.868. The summed E-state index contributed by atoms with van der Waals surface area (Å²) in [4.78, 5) is 0.758. The molecule has 0 fully saturated rings. The maximum absolute atomic E-state index is 12.8. The third-order valence-electron chi connectivity index (χ3n) is 2.73. The summed E-state index contributed by atoms with van der Waals surface area (Å²) in [5.41, 5.74) is 5.39. The summed E-state index contributed by atoms with van der Waals surface area (Å²) in [6.07, 6.45) is -3.64. The van der Waals surface area contributed by atoms with E-state index in [-0.39, 0.29) is 5.92 Å². The van der Waals surface area contributed by atoms with Crippen molar-refractivity contribution in [3.8, 4) is 0 Å². The molecule has 5 heteroatoms. The van der Waals surface area contributed by atoms with E-state index >= 15 is 0 Å². The molecule has 1 aliphatic heterocycles. The molecule has 0 saturated heterocycles. The molecule has 0 amide bonds. The van der Waals surface area contributed by atoms with Crippen molar-refractivity contribution in [2.45, 2.75) is 23.4 Å². The molecule has 0 aliphatic carbocycles. The Morgan fingerprint density at radius 3 is 2.75 bits per heavy atom. The van der Waals surface area contributed by atoms with E-state index in [0.29, 0.717) is 24.3 Å². The molecule has 1 aromatic rings. The van der Waals surface area contributed by atoms with Gasteiger partial charge in [0.1, 0.15) is 0 Å². The van der Waals surface area contributed by atoms with Crippen molar-refractivity contribution >= 4 is 11.8 Å². The lowest BCUT2D eigenvalue weighted by Gasteiger charge is -2.16. The number of benzene rings is 1. The van der Waals surface area contributed by atoms with E-state index in [1.54, 1.807) is 6.07 Å². The Kier molecular flexibility index (Phi) is 3.17. The molecule has 16 heavy (non-hydrogen) atoms. The van der Waals surface area contributed by atoms with E-state index in [2.05, 4.69) is 0 Å². The number of hydrogen-bond donors (Lipinski definition) is 1. The Morgan fingerprint density at radius 1 is 1.38 bits per heavy atom. The summed E-state index contributed by atoms with van der Waals surface area (Å²) < 4.78 is 38.4. The van der Waals surface area contributed by atoms with Crippen molar-refractivity contribution in [2.24, 2.45) is 5.73 Å². The van der Waals surface area contributed by atoms with Crippen molar-refractivity contribution in [3.63, 3.8) is 0 Å². The van der Waals surface area contributed by atoms with Gasteiger partial charge in [0.05, 0.1) is 5.56 Å². The van der Waals surface area contributed by atoms with Gasteiger partial charge in [-0.05, 0) is 36.6 Å². The van der Waals surface area contributed by atoms with Gasteiger partial charge in [0.25, 0.3) is 0 Å². The molecular formula is C11H12F3NS. The van der Waals surface area contributed by atoms with Crippen molar-refractivity contribution in [1.29, 1.82) is 0 Å². The molecule has 2 rings (SSSR count). The highest BCUT2D eigenvalue weighted by atomic mass is 32.2. The van der Waals surface area contributed by atoms with Gasteiger partial charge in [-0.1, -0.05) is 6.07 Å². The van der Waals surface area contributed by atoms with Crippen LogP contribution >= 0.6 is 11.8 Å². The summed E-state index contributed by atoms with van der Waals surface area (Å²) in [6, 6.07) is 4.39. The maximum Gasteiger partial charge on any atom is 0.416 e. The zero-order chi connectivity index (χ0) is 11.8. The molecular weight excluding hydrogens is 235 g/mol. The fourth-order valence-corrected chi connectivity index (χ4v) is 3.36. The summed E-state index contributed by atoms with van der Waals surface area (Å²) in [5, 5.41) is 0. The van der Waals surface area contributed by atoms with Gasteiger partial charge in [0.2, 0.25) is 0 Å². The van der Waals surface area contributed by atoms with Gasteiger partial charge in [0.15, 0.2) is 0 Å². The molecule has 0 saturated carbocycles. The molecule has 1 aliphatic rings. The first-order valence-corrected chi connectivity index (χ1v) is 6.05. The lowest BCUT2D eigenvalue weighted by atomic mass is 9.93. The third kappa shape index (κ3) is 2.06. The summed E-state index contributed by atoms with van der Waals surface area (Å²) in [5.74, 6) is 0.655. The first-order valence-electron chi connectivity index (χ1n) is 5.07. The minimum atomic E-state index is -4.26. The number of rotatable bonds is 2. The van der Waals surface area contributed by atoms with Crippen molar-refractivity contribution in [1.82, 2.24) is 0 Å². The third-order valence-corrected chi connectivity index (χ3v) is 3.97. The maximum atomic E-state index is 12.8. The first-order chi connectivity index (χ1) is 7.54. The lowest BCUT2D eigenvalue weighted by Crippen LogP contribution is -2.13. The monoisotopic (exact) mass is 247 g/mol. The zero-order valence-electron chi connectivity index (χ0n) is 8.55. The molecule has 0 spiro atoms. The Bertz CT molecular complexity index is 387. The molecule has 2 N–H and O–H groups in total. The van der Waals surface area contributed by atoms with Crippen LogP contribution in [-0.4, -0.2) is 12.3 Å². The number of nitrogens with two attached hydrogens (primary N) is 1. The highest BCUT2D eigenvalue weighted by Crippen LogP contribution is 2.47. The predicted octanol–water partition coefficient (Wildman–Crippen LogP) is 3.24. The van der Waals surface area contributed by atoms with Gasteiger partial charge in [-0.15, -0.1) is 11.8 Å². The average Bonchev–Trinajstić information content (AvgIpc) is 2.61. The van der Waals surface area contributed by atoms with E-state index in [4.69, 9.17) is 5.73 Å². The standard InChI is InChI=1S/C11H12F3NS/c12-11(13,14)8-2-1-3-9-10(8)7(4-5-15)6-16-9/h1-3,7H,4-6,15H2. The van der Waals surface area contributed by atoms with Gasteiger partial charge in [-0.25, -0.2) is 0 Å². The minimum absolute atomic E-state index is 0.0529. The zero-order valence-corrected chi connectivity index (χ0v) is 9.37. The molecule has 1 unspecified atom stereocenters. The van der Waals surface area contributed by atoms with Gasteiger partial charge in [-0.2, -0.15) is 13.2 Å². The Hall–Kier alpha value is -0.680. The van der Waals surface area contributed by atoms with Crippen LogP contribution in [0.25, 0.3) is 0 Å². The van der Waals surface area contributed by atoms with Crippen molar-refractivity contribution < 1.29 is 13.2 Å². The van der Waals surface area contributed by atoms with Crippen LogP contribution in [0.3, 0.4) is 0 Å². The van der Waals surface area contributed by atoms with Crippen LogP contribution in [0.1, 0.15) is 23.5 Å². The van der Waals surface area contributed by atoms with Gasteiger partial charge in [0, 0.05) is 10.6 Å². The fraction of sp³-hybridized carbons (Fsp3) is 0.455. The molecule has 1 atom stereocenters. The van der Waals surface area contributed by atoms with Crippen LogP contribution in [0, 0.1) is 0 Å². The molecule has 1 heterocycles. The van der Waals surface area contributed by atoms with Gasteiger partial charge >= 0.3 is 6.18 Å². The molecule has 0 radical (unpaired) electrons. The van der Waals surface area contributed by atoms with E-state index in [9.17, 15) is 13.2 Å². The molecule has 0 aromatic heterocycles. The van der Waals surface area contributed by atoms with Gasteiger partial charge in [-0.3, -0.25) is 0 Å². The van der Waals surface area contributed by atoms with Crippen molar-refractivity contribution in [3.05, 3.63) is 29.3 Å². The minimum Gasteiger partial charge on any atom is -0.330 e. The van der Waals surface area contributed by atoms with E-state index < -0.39 is 11.7 Å². The highest BCUT2D eigenvalue weighted by molar-refractivity contribution is 7.99. The highest BCUT2D eigenvalue weighted by Gasteiger charge is 2.38. The lowest BCUT2D eigenvalue weighted by molar-refractivity contribution is -0.138. The number of fused-ring (bicyclic) bond motifs is 1. The fourth-order valence-electron chi connectivity index (χ4n) is 2.04. The number of hydrogen-bond acceptors (Lipinski definition) is 2. The van der Waals surface area contributed by atoms with Crippen LogP contribution in [0.15, 0.2) is 23.1 Å². The molecule has 1 aromatic carbocycles. The molecule has 0 bridgehead atoms. The van der Waals surface area contributed by atoms with E-state index in [1.165, 1.54) is 17.8 Å². The number of halogens is 3. The molecule has 1 nitrogen and oxygen atoms in total. The number of thioether (sulfide) groups is 1. The SMILES string of the molecule is NCCC1CSc2cccc(C(F)(F)F)c21. The second-order valence-electron chi connectivity index (χ2n) is 3.80. The Labute approximate surface area is 96.2 Å². The van der Waals surface area contributed by atoms with E-state index in [0.717, 1.165) is 11.0 Å². The van der Waals surface area contributed by atoms with Crippen LogP contribution in [0.5, 0.6) is 0 Å². The summed E-state index contributed by atoms with van der Waals surface area (Å²) >= 11 is 1.49. The molecule has 88 valence electrons. The van der Waals surface area contributed by atoms with Gasteiger partial charge < -0.3 is 5.73 Å². The van der Waals surface area contributed by atoms with Crippen LogP contribution in [0.2, 0.25) is 0 Å². The average molecular weight is 247 g/mol. The normalized spacial score (nSPS) is 19.9. The summed E-state index contributed by atoms with van der Waals surface area (Å²) in [7, 11) is 0. The van der Waals surface area contributed by atoms with Crippen molar-refractivity contribution in [2.75, 3.05) is 12.3 Å². The Morgan fingerprint density at radius 2 is 2.12 bits per heavy atom. The number of alkyl halides is 3. The first kappa shape index (κ1) is 11.8. The van der Waals surface area contributed by atoms with Crippen LogP contribution < -0.4 is 5.73 Å². The summed E-state index contributed by atoms with van der Waals surface area (Å²) in [6.45, 7) is 0.427. The topological polar surface area (TPSA) is 26.0 Å². The second-order valence-corrected chi connectivity index (χ2v) is 4.86. The van der Waals surface area contributed by atoms with Crippen LogP contribution in [0.4, 0.5) is 13.2 Å². The predicted molar refractivity (Wildman–Crippen MR) is 58.6 cm³/mol. The van der Waals surface area contributed by atoms with E-state index in [1.807, 2.05) is 0 Å². The Balaban J connectivity index is 2.45.